The van der Waals surface area contributed by atoms with Gasteiger partial charge in [0.2, 0.25) is 0 Å². The minimum absolute atomic E-state index is 0.237. The first-order valence-electron chi connectivity index (χ1n) is 9.33. The molecule has 2 aromatic heterocycles. The van der Waals surface area contributed by atoms with Gasteiger partial charge in [-0.1, -0.05) is 35.9 Å². The van der Waals surface area contributed by atoms with Gasteiger partial charge in [-0.25, -0.2) is 9.97 Å². The summed E-state index contributed by atoms with van der Waals surface area (Å²) < 4.78 is 0. The molecular formula is C23H21N5O. The summed E-state index contributed by atoms with van der Waals surface area (Å²) in [5.74, 6) is 0.258. The summed E-state index contributed by atoms with van der Waals surface area (Å²) in [4.78, 5) is 25.6. The number of nitrogens with zero attached hydrogens (tertiary/aromatic N) is 3. The van der Waals surface area contributed by atoms with E-state index in [0.717, 1.165) is 27.7 Å². The summed E-state index contributed by atoms with van der Waals surface area (Å²) in [5.41, 5.74) is 6.10. The van der Waals surface area contributed by atoms with E-state index in [1.54, 1.807) is 12.4 Å². The standard InChI is InChI=1S/C23H21N5O/c1-14-10-15(2)21(16(3)11-14)28-20-13-25-19(12-26-20)23(29)27-18-8-4-6-17-7-5-9-24-22(17)18/h4-13H,1-3H3,(H,26,28)(H,27,29). The van der Waals surface area contributed by atoms with Gasteiger partial charge in [0.25, 0.3) is 5.91 Å². The maximum absolute atomic E-state index is 12.6. The Morgan fingerprint density at radius 2 is 1.66 bits per heavy atom. The molecule has 0 spiro atoms. The number of pyridine rings is 1. The SMILES string of the molecule is Cc1cc(C)c(Nc2cnc(C(=O)Nc3cccc4cccnc34)cn2)c(C)c1. The second-order valence-corrected chi connectivity index (χ2v) is 7.02. The summed E-state index contributed by atoms with van der Waals surface area (Å²) >= 11 is 0. The highest BCUT2D eigenvalue weighted by Crippen LogP contribution is 2.25. The Morgan fingerprint density at radius 1 is 0.897 bits per heavy atom. The van der Waals surface area contributed by atoms with Crippen molar-refractivity contribution in [3.8, 4) is 0 Å². The van der Waals surface area contributed by atoms with Gasteiger partial charge in [0.15, 0.2) is 0 Å². The van der Waals surface area contributed by atoms with Gasteiger partial charge in [-0.15, -0.1) is 0 Å². The monoisotopic (exact) mass is 383 g/mol. The third-order valence-electron chi connectivity index (χ3n) is 4.70. The van der Waals surface area contributed by atoms with Crippen LogP contribution < -0.4 is 10.6 Å². The van der Waals surface area contributed by atoms with E-state index in [4.69, 9.17) is 0 Å². The number of hydrogen-bond acceptors (Lipinski definition) is 5. The van der Waals surface area contributed by atoms with Gasteiger partial charge in [-0.2, -0.15) is 0 Å². The van der Waals surface area contributed by atoms with E-state index in [-0.39, 0.29) is 11.6 Å². The van der Waals surface area contributed by atoms with E-state index in [1.807, 2.05) is 30.3 Å². The van der Waals surface area contributed by atoms with E-state index in [9.17, 15) is 4.79 Å². The van der Waals surface area contributed by atoms with Crippen molar-refractivity contribution in [3.63, 3.8) is 0 Å². The van der Waals surface area contributed by atoms with Gasteiger partial charge in [-0.3, -0.25) is 9.78 Å². The molecule has 0 aliphatic heterocycles. The first-order valence-corrected chi connectivity index (χ1v) is 9.33. The molecule has 29 heavy (non-hydrogen) atoms. The highest BCUT2D eigenvalue weighted by Gasteiger charge is 2.12. The molecular weight excluding hydrogens is 362 g/mol. The van der Waals surface area contributed by atoms with Crippen molar-refractivity contribution in [3.05, 3.63) is 83.4 Å². The highest BCUT2D eigenvalue weighted by molar-refractivity contribution is 6.07. The molecule has 4 aromatic rings. The average molecular weight is 383 g/mol. The van der Waals surface area contributed by atoms with Crippen LogP contribution in [-0.4, -0.2) is 20.9 Å². The zero-order chi connectivity index (χ0) is 20.4. The molecule has 0 radical (unpaired) electrons. The van der Waals surface area contributed by atoms with Crippen LogP contribution in [0.1, 0.15) is 27.2 Å². The lowest BCUT2D eigenvalue weighted by Gasteiger charge is -2.13. The molecule has 2 heterocycles. The fourth-order valence-electron chi connectivity index (χ4n) is 3.41. The minimum atomic E-state index is -0.329. The molecule has 0 aliphatic carbocycles. The number of aryl methyl sites for hydroxylation is 3. The van der Waals surface area contributed by atoms with E-state index >= 15 is 0 Å². The number of carbonyl (C=O) groups is 1. The van der Waals surface area contributed by atoms with Crippen LogP contribution in [0.5, 0.6) is 0 Å². The number of nitrogens with one attached hydrogen (secondary N) is 2. The van der Waals surface area contributed by atoms with Gasteiger partial charge < -0.3 is 10.6 Å². The molecule has 0 saturated heterocycles. The number of carbonyl (C=O) groups excluding carboxylic acids is 1. The molecule has 1 amide bonds. The van der Waals surface area contributed by atoms with Crippen molar-refractivity contribution >= 4 is 34.0 Å². The van der Waals surface area contributed by atoms with Gasteiger partial charge >= 0.3 is 0 Å². The summed E-state index contributed by atoms with van der Waals surface area (Å²) in [6.45, 7) is 6.17. The lowest BCUT2D eigenvalue weighted by Crippen LogP contribution is -2.14. The summed E-state index contributed by atoms with van der Waals surface area (Å²) in [5, 5.41) is 7.12. The second kappa shape index (κ2) is 7.67. The summed E-state index contributed by atoms with van der Waals surface area (Å²) in [6.07, 6.45) is 4.73. The molecule has 0 atom stereocenters. The molecule has 4 rings (SSSR count). The topological polar surface area (TPSA) is 79.8 Å². The molecule has 0 bridgehead atoms. The molecule has 0 unspecified atom stereocenters. The smallest absolute Gasteiger partial charge is 0.275 e. The number of anilines is 3. The van der Waals surface area contributed by atoms with Crippen LogP contribution in [0, 0.1) is 20.8 Å². The number of fused-ring (bicyclic) bond motifs is 1. The Bertz CT molecular complexity index is 1170. The van der Waals surface area contributed by atoms with Crippen molar-refractivity contribution in [2.24, 2.45) is 0 Å². The molecule has 0 fully saturated rings. The Kier molecular flexibility index (Phi) is 4.91. The quantitative estimate of drug-likeness (QED) is 0.521. The van der Waals surface area contributed by atoms with E-state index < -0.39 is 0 Å². The lowest BCUT2D eigenvalue weighted by atomic mass is 10.1. The van der Waals surface area contributed by atoms with Crippen molar-refractivity contribution < 1.29 is 4.79 Å². The number of amides is 1. The molecule has 144 valence electrons. The van der Waals surface area contributed by atoms with Crippen molar-refractivity contribution in [1.82, 2.24) is 15.0 Å². The van der Waals surface area contributed by atoms with E-state index in [2.05, 4.69) is 58.5 Å². The van der Waals surface area contributed by atoms with Crippen molar-refractivity contribution in [1.29, 1.82) is 0 Å². The normalized spacial score (nSPS) is 10.7. The van der Waals surface area contributed by atoms with Crippen LogP contribution in [0.25, 0.3) is 10.9 Å². The zero-order valence-electron chi connectivity index (χ0n) is 16.5. The third kappa shape index (κ3) is 3.91. The van der Waals surface area contributed by atoms with Crippen molar-refractivity contribution in [2.45, 2.75) is 20.8 Å². The number of benzene rings is 2. The van der Waals surface area contributed by atoms with Gasteiger partial charge in [0, 0.05) is 17.3 Å². The molecule has 2 N–H and O–H groups in total. The third-order valence-corrected chi connectivity index (χ3v) is 4.70. The van der Waals surface area contributed by atoms with Gasteiger partial charge in [0.1, 0.15) is 11.5 Å². The molecule has 0 saturated carbocycles. The molecule has 6 heteroatoms. The molecule has 0 aliphatic rings. The average Bonchev–Trinajstić information content (AvgIpc) is 2.71. The van der Waals surface area contributed by atoms with Crippen LogP contribution in [0.4, 0.5) is 17.2 Å². The van der Waals surface area contributed by atoms with E-state index in [0.29, 0.717) is 11.5 Å². The zero-order valence-corrected chi connectivity index (χ0v) is 16.5. The first-order chi connectivity index (χ1) is 14.0. The number of para-hydroxylation sites is 1. The first kappa shape index (κ1) is 18.6. The number of aromatic nitrogens is 3. The summed E-state index contributed by atoms with van der Waals surface area (Å²) in [6, 6.07) is 13.7. The number of rotatable bonds is 4. The fraction of sp³-hybridized carbons (Fsp3) is 0.130. The van der Waals surface area contributed by atoms with Crippen LogP contribution in [0.3, 0.4) is 0 Å². The number of hydrogen-bond donors (Lipinski definition) is 2. The Labute approximate surface area is 169 Å². The maximum Gasteiger partial charge on any atom is 0.275 e. The largest absolute Gasteiger partial charge is 0.339 e. The van der Waals surface area contributed by atoms with Crippen LogP contribution in [-0.2, 0) is 0 Å². The highest BCUT2D eigenvalue weighted by atomic mass is 16.1. The Morgan fingerprint density at radius 3 is 2.38 bits per heavy atom. The van der Waals surface area contributed by atoms with Gasteiger partial charge in [0.05, 0.1) is 23.6 Å². The molecule has 2 aromatic carbocycles. The minimum Gasteiger partial charge on any atom is -0.339 e. The second-order valence-electron chi connectivity index (χ2n) is 7.02. The Hall–Kier alpha value is -3.80. The Balaban J connectivity index is 1.53. The van der Waals surface area contributed by atoms with Crippen LogP contribution in [0.2, 0.25) is 0 Å². The van der Waals surface area contributed by atoms with Crippen LogP contribution >= 0.6 is 0 Å². The van der Waals surface area contributed by atoms with Crippen molar-refractivity contribution in [2.75, 3.05) is 10.6 Å². The molecule has 6 nitrogen and oxygen atoms in total. The maximum atomic E-state index is 12.6. The lowest BCUT2D eigenvalue weighted by molar-refractivity contribution is 0.102. The summed E-state index contributed by atoms with van der Waals surface area (Å²) in [7, 11) is 0. The van der Waals surface area contributed by atoms with Crippen LogP contribution in [0.15, 0.2) is 61.1 Å². The van der Waals surface area contributed by atoms with E-state index in [1.165, 1.54) is 11.8 Å². The fourth-order valence-corrected chi connectivity index (χ4v) is 3.41. The van der Waals surface area contributed by atoms with Gasteiger partial charge in [-0.05, 0) is 44.0 Å². The predicted octanol–water partition coefficient (Wildman–Crippen LogP) is 4.95. The predicted molar refractivity (Wildman–Crippen MR) is 116 cm³/mol.